The van der Waals surface area contributed by atoms with Crippen LogP contribution in [0.3, 0.4) is 0 Å². The summed E-state index contributed by atoms with van der Waals surface area (Å²) in [6.45, 7) is 1.47. The van der Waals surface area contributed by atoms with Crippen molar-refractivity contribution in [1.29, 1.82) is 0 Å². The maximum Gasteiger partial charge on any atom is 0.646 e. The lowest BCUT2D eigenvalue weighted by Gasteiger charge is -2.44. The molecule has 0 radical (unpaired) electrons. The first-order chi connectivity index (χ1) is 15.3. The van der Waals surface area contributed by atoms with E-state index in [4.69, 9.17) is 13.6 Å². The number of benzene rings is 2. The van der Waals surface area contributed by atoms with Gasteiger partial charge in [-0.2, -0.15) is 4.57 Å². The number of phosphoric ester groups is 1. The maximum absolute atomic E-state index is 13.7. The lowest BCUT2D eigenvalue weighted by molar-refractivity contribution is -0.157. The molecule has 0 aliphatic carbocycles. The zero-order valence-corrected chi connectivity index (χ0v) is 18.1. The number of β-lactam (4-membered cyclic amide) rings is 1. The van der Waals surface area contributed by atoms with Crippen molar-refractivity contribution in [3.05, 3.63) is 72.1 Å². The van der Waals surface area contributed by atoms with Crippen molar-refractivity contribution >= 4 is 19.7 Å². The van der Waals surface area contributed by atoms with E-state index in [0.29, 0.717) is 0 Å². The lowest BCUT2D eigenvalue weighted by atomic mass is 9.80. The van der Waals surface area contributed by atoms with Crippen LogP contribution in [0.25, 0.3) is 0 Å². The first-order valence-corrected chi connectivity index (χ1v) is 11.5. The summed E-state index contributed by atoms with van der Waals surface area (Å²) in [7, 11) is -4.42. The Hall–Kier alpha value is -3.29. The van der Waals surface area contributed by atoms with Gasteiger partial charge in [-0.25, -0.2) is 4.79 Å². The molecule has 2 aliphatic rings. The Bertz CT molecular complexity index is 1040. The molecule has 0 unspecified atom stereocenters. The van der Waals surface area contributed by atoms with E-state index in [1.807, 2.05) is 0 Å². The van der Waals surface area contributed by atoms with Gasteiger partial charge in [0.2, 0.25) is 5.91 Å². The van der Waals surface area contributed by atoms with E-state index in [2.05, 4.69) is 0 Å². The predicted molar refractivity (Wildman–Crippen MR) is 112 cm³/mol. The van der Waals surface area contributed by atoms with Crippen molar-refractivity contribution in [2.24, 2.45) is 11.8 Å². The van der Waals surface area contributed by atoms with Crippen LogP contribution in [0.4, 0.5) is 0 Å². The molecule has 10 heteroatoms. The molecule has 9 nitrogen and oxygen atoms in total. The number of phosphoric acid groups is 1. The highest BCUT2D eigenvalue weighted by molar-refractivity contribution is 7.49. The molecule has 1 saturated heterocycles. The third-order valence-electron chi connectivity index (χ3n) is 5.44. The van der Waals surface area contributed by atoms with Crippen LogP contribution >= 0.6 is 7.82 Å². The summed E-state index contributed by atoms with van der Waals surface area (Å²) in [5.74, 6) is -2.71. The minimum atomic E-state index is -4.42. The number of carbonyl (C=O) groups is 2. The summed E-state index contributed by atoms with van der Waals surface area (Å²) in [6.07, 6.45) is 0.198. The molecule has 0 saturated carbocycles. The second-order valence-corrected chi connectivity index (χ2v) is 8.91. The quantitative estimate of drug-likeness (QED) is 0.432. The number of aliphatic carboxylic acids is 1. The van der Waals surface area contributed by atoms with Crippen molar-refractivity contribution in [2.75, 3.05) is 6.61 Å². The van der Waals surface area contributed by atoms with E-state index >= 15 is 0 Å². The van der Waals surface area contributed by atoms with Crippen molar-refractivity contribution in [2.45, 2.75) is 19.4 Å². The standard InChI is InChI=1S/C22H22NO8P/c1-14-18-17(12-13-24)21(25)23(18)19(22(26)27)20(14)31-32(28,29-15-8-4-2-5-9-15)30-16-10-6-3-7-11-16/h2-11,14,17-18,24H,12-13H2,1H3,(H,26,27)/t14-,17+,18+/m1/s1. The van der Waals surface area contributed by atoms with Gasteiger partial charge in [-0.1, -0.05) is 43.3 Å². The number of hydrogen-bond donors (Lipinski definition) is 2. The van der Waals surface area contributed by atoms with Crippen molar-refractivity contribution in [3.8, 4) is 11.5 Å². The van der Waals surface area contributed by atoms with Crippen LogP contribution in [0.2, 0.25) is 0 Å². The number of rotatable bonds is 9. The summed E-state index contributed by atoms with van der Waals surface area (Å²) in [6, 6.07) is 15.9. The van der Waals surface area contributed by atoms with Gasteiger partial charge in [0.15, 0.2) is 5.70 Å². The van der Waals surface area contributed by atoms with E-state index in [1.165, 1.54) is 0 Å². The molecule has 2 aromatic rings. The highest BCUT2D eigenvalue weighted by atomic mass is 31.2. The summed E-state index contributed by atoms with van der Waals surface area (Å²) < 4.78 is 30.6. The van der Waals surface area contributed by atoms with E-state index in [-0.39, 0.29) is 30.3 Å². The number of carbonyl (C=O) groups excluding carboxylic acids is 1. The van der Waals surface area contributed by atoms with Gasteiger partial charge in [-0.05, 0) is 30.7 Å². The largest absolute Gasteiger partial charge is 0.646 e. The lowest BCUT2D eigenvalue weighted by Crippen LogP contribution is -2.60. The Morgan fingerprint density at radius 1 is 1.00 bits per heavy atom. The van der Waals surface area contributed by atoms with Gasteiger partial charge in [0.05, 0.1) is 12.0 Å². The van der Waals surface area contributed by atoms with Gasteiger partial charge in [0.1, 0.15) is 17.3 Å². The molecule has 0 spiro atoms. The average molecular weight is 459 g/mol. The molecule has 2 aromatic carbocycles. The molecule has 0 aromatic heterocycles. The van der Waals surface area contributed by atoms with Gasteiger partial charge in [-0.3, -0.25) is 9.69 Å². The van der Waals surface area contributed by atoms with Gasteiger partial charge in [0.25, 0.3) is 0 Å². The first-order valence-electron chi connectivity index (χ1n) is 10.0. The number of para-hydroxylation sites is 2. The molecule has 1 amide bonds. The van der Waals surface area contributed by atoms with Crippen LogP contribution < -0.4 is 9.05 Å². The SMILES string of the molecule is C[C@H]1C(OP(=O)(Oc2ccccc2)Oc2ccccc2)=C(C(=O)O)N2C(=O)[C@@H](CCO)[C@H]12. The topological polar surface area (TPSA) is 123 Å². The minimum absolute atomic E-state index is 0.161. The summed E-state index contributed by atoms with van der Waals surface area (Å²) in [5, 5.41) is 19.0. The Balaban J connectivity index is 1.70. The number of hydrogen-bond acceptors (Lipinski definition) is 7. The smallest absolute Gasteiger partial charge is 0.476 e. The maximum atomic E-state index is 13.7. The van der Waals surface area contributed by atoms with Crippen molar-refractivity contribution < 1.29 is 37.9 Å². The Morgan fingerprint density at radius 3 is 2.00 bits per heavy atom. The monoisotopic (exact) mass is 459 g/mol. The number of aliphatic hydroxyl groups excluding tert-OH is 1. The Labute approximate surface area is 184 Å². The van der Waals surface area contributed by atoms with Gasteiger partial charge >= 0.3 is 13.8 Å². The van der Waals surface area contributed by atoms with Crippen LogP contribution in [-0.4, -0.2) is 39.6 Å². The summed E-state index contributed by atoms with van der Waals surface area (Å²) >= 11 is 0. The third kappa shape index (κ3) is 3.97. The third-order valence-corrected chi connectivity index (χ3v) is 6.73. The summed E-state index contributed by atoms with van der Waals surface area (Å²) in [4.78, 5) is 25.6. The zero-order valence-electron chi connectivity index (χ0n) is 17.2. The molecular formula is C22H22NO8P. The number of aliphatic hydroxyl groups is 1. The molecule has 3 atom stereocenters. The molecular weight excluding hydrogens is 437 g/mol. The number of carboxylic acid groups (broad SMARTS) is 1. The molecule has 0 bridgehead atoms. The Morgan fingerprint density at radius 2 is 1.53 bits per heavy atom. The number of amides is 1. The molecule has 2 N–H and O–H groups in total. The van der Waals surface area contributed by atoms with E-state index in [1.54, 1.807) is 67.6 Å². The highest BCUT2D eigenvalue weighted by Gasteiger charge is 2.60. The predicted octanol–water partition coefficient (Wildman–Crippen LogP) is 3.42. The average Bonchev–Trinajstić information content (AvgIpc) is 3.02. The molecule has 1 fully saturated rings. The zero-order chi connectivity index (χ0) is 22.9. The van der Waals surface area contributed by atoms with Gasteiger partial charge in [-0.15, -0.1) is 0 Å². The van der Waals surface area contributed by atoms with Crippen molar-refractivity contribution in [1.82, 2.24) is 4.90 Å². The molecule has 2 heterocycles. The van der Waals surface area contributed by atoms with E-state index in [9.17, 15) is 24.4 Å². The minimum Gasteiger partial charge on any atom is -0.476 e. The van der Waals surface area contributed by atoms with Crippen molar-refractivity contribution in [3.63, 3.8) is 0 Å². The second-order valence-electron chi connectivity index (χ2n) is 7.47. The van der Waals surface area contributed by atoms with E-state index in [0.717, 1.165) is 4.90 Å². The first kappa shape index (κ1) is 21.9. The number of carboxylic acids is 1. The number of nitrogens with zero attached hydrogens (tertiary/aromatic N) is 1. The van der Waals surface area contributed by atoms with Crippen LogP contribution in [0.5, 0.6) is 11.5 Å². The molecule has 168 valence electrons. The molecule has 32 heavy (non-hydrogen) atoms. The summed E-state index contributed by atoms with van der Waals surface area (Å²) in [5.41, 5.74) is -0.393. The molecule has 2 aliphatic heterocycles. The fraction of sp³-hybridized carbons (Fsp3) is 0.273. The Kier molecular flexibility index (Phi) is 5.95. The van der Waals surface area contributed by atoms with Crippen LogP contribution in [0, 0.1) is 11.8 Å². The van der Waals surface area contributed by atoms with Crippen LogP contribution in [0.1, 0.15) is 13.3 Å². The van der Waals surface area contributed by atoms with Crippen LogP contribution in [-0.2, 0) is 18.7 Å². The second kappa shape index (κ2) is 8.68. The van der Waals surface area contributed by atoms with Gasteiger partial charge in [0, 0.05) is 12.5 Å². The van der Waals surface area contributed by atoms with Crippen LogP contribution in [0.15, 0.2) is 72.1 Å². The normalized spacial score (nSPS) is 22.2. The fourth-order valence-electron chi connectivity index (χ4n) is 4.06. The molecule has 4 rings (SSSR count). The fourth-order valence-corrected chi connectivity index (χ4v) is 5.42. The highest BCUT2D eigenvalue weighted by Crippen LogP contribution is 2.56. The van der Waals surface area contributed by atoms with Gasteiger partial charge < -0.3 is 23.8 Å². The number of fused-ring (bicyclic) bond motifs is 1. The van der Waals surface area contributed by atoms with E-state index < -0.39 is 43.3 Å².